The number of H-pyrrole nitrogens is 1. The fourth-order valence-electron chi connectivity index (χ4n) is 1.71. The molecule has 2 aromatic heterocycles. The van der Waals surface area contributed by atoms with Crippen molar-refractivity contribution in [2.45, 2.75) is 0 Å². The smallest absolute Gasteiger partial charge is 0.178 e. The molecule has 6 heteroatoms. The molecule has 18 heavy (non-hydrogen) atoms. The van der Waals surface area contributed by atoms with Crippen LogP contribution in [0.15, 0.2) is 39.4 Å². The summed E-state index contributed by atoms with van der Waals surface area (Å²) in [6.07, 6.45) is 1.69. The van der Waals surface area contributed by atoms with Gasteiger partial charge in [-0.1, -0.05) is 15.9 Å². The van der Waals surface area contributed by atoms with Gasteiger partial charge in [0.1, 0.15) is 11.6 Å². The summed E-state index contributed by atoms with van der Waals surface area (Å²) in [4.78, 5) is 11.7. The minimum Gasteiger partial charge on any atom is -0.507 e. The first-order valence-electron chi connectivity index (χ1n) is 5.13. The molecule has 2 heterocycles. The lowest BCUT2D eigenvalue weighted by Crippen LogP contribution is -1.81. The van der Waals surface area contributed by atoms with Crippen LogP contribution < -0.4 is 0 Å². The molecule has 0 amide bonds. The number of aromatic nitrogens is 3. The number of rotatable bonds is 1. The minimum atomic E-state index is 0.169. The molecular formula is C12H7Br2N3O. The van der Waals surface area contributed by atoms with Crippen molar-refractivity contribution >= 4 is 43.0 Å². The first kappa shape index (κ1) is 11.7. The monoisotopic (exact) mass is 367 g/mol. The van der Waals surface area contributed by atoms with Crippen LogP contribution in [-0.2, 0) is 0 Å². The van der Waals surface area contributed by atoms with E-state index in [0.29, 0.717) is 17.0 Å². The zero-order valence-corrected chi connectivity index (χ0v) is 12.2. The molecule has 0 atom stereocenters. The van der Waals surface area contributed by atoms with Gasteiger partial charge in [-0.05, 0) is 40.2 Å². The number of halogens is 2. The van der Waals surface area contributed by atoms with Crippen LogP contribution in [0.5, 0.6) is 5.75 Å². The summed E-state index contributed by atoms with van der Waals surface area (Å²) in [7, 11) is 0. The Morgan fingerprint density at radius 2 is 1.94 bits per heavy atom. The molecule has 0 radical (unpaired) electrons. The maximum Gasteiger partial charge on any atom is 0.178 e. The molecule has 2 N–H and O–H groups in total. The van der Waals surface area contributed by atoms with Crippen molar-refractivity contribution in [3.05, 3.63) is 39.4 Å². The van der Waals surface area contributed by atoms with Gasteiger partial charge in [0.2, 0.25) is 0 Å². The van der Waals surface area contributed by atoms with E-state index in [9.17, 15) is 5.11 Å². The van der Waals surface area contributed by atoms with E-state index in [1.165, 1.54) is 0 Å². The number of imidazole rings is 1. The Morgan fingerprint density at radius 1 is 1.11 bits per heavy atom. The molecule has 3 aromatic rings. The molecule has 0 aliphatic carbocycles. The highest BCUT2D eigenvalue weighted by Gasteiger charge is 2.10. The van der Waals surface area contributed by atoms with E-state index in [1.807, 2.05) is 12.1 Å². The highest BCUT2D eigenvalue weighted by molar-refractivity contribution is 9.10. The molecule has 0 aliphatic rings. The fraction of sp³-hybridized carbons (Fsp3) is 0. The van der Waals surface area contributed by atoms with Crippen LogP contribution in [0.1, 0.15) is 0 Å². The number of nitrogens with one attached hydrogen (secondary N) is 1. The van der Waals surface area contributed by atoms with Gasteiger partial charge in [0.05, 0.1) is 11.1 Å². The standard InChI is InChI=1S/C12H7Br2N3O/c13-6-1-2-8(10(18)4-6)11-16-9-3-7(14)5-15-12(9)17-11/h1-5,18H,(H,15,16,17). The lowest BCUT2D eigenvalue weighted by molar-refractivity contribution is 0.476. The number of fused-ring (bicyclic) bond motifs is 1. The van der Waals surface area contributed by atoms with Crippen LogP contribution in [0.4, 0.5) is 0 Å². The summed E-state index contributed by atoms with van der Waals surface area (Å²) in [5.41, 5.74) is 2.09. The second kappa shape index (κ2) is 4.37. The van der Waals surface area contributed by atoms with Crippen molar-refractivity contribution in [1.29, 1.82) is 0 Å². The first-order chi connectivity index (χ1) is 8.63. The van der Waals surface area contributed by atoms with Gasteiger partial charge in [-0.25, -0.2) is 9.97 Å². The van der Waals surface area contributed by atoms with Gasteiger partial charge in [0.15, 0.2) is 5.65 Å². The third-order valence-corrected chi connectivity index (χ3v) is 3.45. The molecular weight excluding hydrogens is 362 g/mol. The number of aromatic hydroxyl groups is 1. The largest absolute Gasteiger partial charge is 0.507 e. The quantitative estimate of drug-likeness (QED) is 0.685. The minimum absolute atomic E-state index is 0.169. The third-order valence-electron chi connectivity index (χ3n) is 2.52. The highest BCUT2D eigenvalue weighted by Crippen LogP contribution is 2.31. The van der Waals surface area contributed by atoms with E-state index in [-0.39, 0.29) is 5.75 Å². The zero-order chi connectivity index (χ0) is 12.7. The van der Waals surface area contributed by atoms with Gasteiger partial charge in [-0.3, -0.25) is 0 Å². The van der Waals surface area contributed by atoms with E-state index in [1.54, 1.807) is 18.3 Å². The molecule has 90 valence electrons. The summed E-state index contributed by atoms with van der Waals surface area (Å²) < 4.78 is 1.70. The Bertz CT molecular complexity index is 739. The van der Waals surface area contributed by atoms with Crippen molar-refractivity contribution in [2.24, 2.45) is 0 Å². The number of nitrogens with zero attached hydrogens (tertiary/aromatic N) is 2. The summed E-state index contributed by atoms with van der Waals surface area (Å²) in [6.45, 7) is 0. The van der Waals surface area contributed by atoms with Crippen molar-refractivity contribution in [3.63, 3.8) is 0 Å². The lowest BCUT2D eigenvalue weighted by Gasteiger charge is -2.00. The Labute approximate surface area is 119 Å². The maximum atomic E-state index is 9.90. The SMILES string of the molecule is Oc1cc(Br)ccc1-c1nc2ncc(Br)cc2[nH]1. The molecule has 0 unspecified atom stereocenters. The van der Waals surface area contributed by atoms with Crippen LogP contribution in [0.2, 0.25) is 0 Å². The lowest BCUT2D eigenvalue weighted by atomic mass is 10.2. The number of phenolic OH excluding ortho intramolecular Hbond substituents is 1. The number of pyridine rings is 1. The first-order valence-corrected chi connectivity index (χ1v) is 6.72. The van der Waals surface area contributed by atoms with Crippen LogP contribution >= 0.6 is 31.9 Å². The molecule has 0 bridgehead atoms. The molecule has 0 saturated heterocycles. The van der Waals surface area contributed by atoms with Gasteiger partial charge in [-0.15, -0.1) is 0 Å². The molecule has 4 nitrogen and oxygen atoms in total. The van der Waals surface area contributed by atoms with E-state index < -0.39 is 0 Å². The fourth-order valence-corrected chi connectivity index (χ4v) is 2.39. The average molecular weight is 369 g/mol. The van der Waals surface area contributed by atoms with E-state index in [0.717, 1.165) is 14.5 Å². The van der Waals surface area contributed by atoms with Crippen LogP contribution in [-0.4, -0.2) is 20.1 Å². The topological polar surface area (TPSA) is 61.8 Å². The molecule has 0 spiro atoms. The van der Waals surface area contributed by atoms with Crippen LogP contribution in [0, 0.1) is 0 Å². The molecule has 0 saturated carbocycles. The summed E-state index contributed by atoms with van der Waals surface area (Å²) >= 11 is 6.66. The highest BCUT2D eigenvalue weighted by atomic mass is 79.9. The van der Waals surface area contributed by atoms with Gasteiger partial charge in [0.25, 0.3) is 0 Å². The summed E-state index contributed by atoms with van der Waals surface area (Å²) in [6, 6.07) is 7.18. The van der Waals surface area contributed by atoms with Gasteiger partial charge in [0, 0.05) is 15.1 Å². The van der Waals surface area contributed by atoms with Crippen LogP contribution in [0.25, 0.3) is 22.6 Å². The Kier molecular flexibility index (Phi) is 2.83. The molecule has 0 aliphatic heterocycles. The second-order valence-electron chi connectivity index (χ2n) is 3.77. The summed E-state index contributed by atoms with van der Waals surface area (Å²) in [5.74, 6) is 0.767. The number of hydrogen-bond donors (Lipinski definition) is 2. The van der Waals surface area contributed by atoms with Crippen molar-refractivity contribution in [2.75, 3.05) is 0 Å². The number of benzene rings is 1. The molecule has 1 aromatic carbocycles. The Morgan fingerprint density at radius 3 is 2.72 bits per heavy atom. The van der Waals surface area contributed by atoms with Gasteiger partial charge < -0.3 is 10.1 Å². The Balaban J connectivity index is 2.19. The second-order valence-corrected chi connectivity index (χ2v) is 5.60. The van der Waals surface area contributed by atoms with Crippen molar-refractivity contribution in [3.8, 4) is 17.1 Å². The summed E-state index contributed by atoms with van der Waals surface area (Å²) in [5, 5.41) is 9.90. The number of aromatic amines is 1. The Hall–Kier alpha value is -1.40. The van der Waals surface area contributed by atoms with Gasteiger partial charge >= 0.3 is 0 Å². The van der Waals surface area contributed by atoms with E-state index in [2.05, 4.69) is 46.8 Å². The average Bonchev–Trinajstić information content (AvgIpc) is 2.71. The number of hydrogen-bond acceptors (Lipinski definition) is 3. The maximum absolute atomic E-state index is 9.90. The number of phenols is 1. The van der Waals surface area contributed by atoms with E-state index >= 15 is 0 Å². The van der Waals surface area contributed by atoms with Crippen molar-refractivity contribution in [1.82, 2.24) is 15.0 Å². The van der Waals surface area contributed by atoms with Crippen LogP contribution in [0.3, 0.4) is 0 Å². The molecule has 3 rings (SSSR count). The molecule has 0 fully saturated rings. The van der Waals surface area contributed by atoms with Gasteiger partial charge in [-0.2, -0.15) is 0 Å². The zero-order valence-electron chi connectivity index (χ0n) is 8.98. The predicted octanol–water partition coefficient (Wildman–Crippen LogP) is 3.86. The third kappa shape index (κ3) is 2.02. The van der Waals surface area contributed by atoms with Crippen molar-refractivity contribution < 1.29 is 5.11 Å². The normalized spacial score (nSPS) is 11.0. The predicted molar refractivity (Wildman–Crippen MR) is 76.4 cm³/mol. The van der Waals surface area contributed by atoms with E-state index in [4.69, 9.17) is 0 Å².